The molecule has 0 aliphatic heterocycles. The van der Waals surface area contributed by atoms with E-state index in [2.05, 4.69) is 10.3 Å². The predicted octanol–water partition coefficient (Wildman–Crippen LogP) is 3.20. The van der Waals surface area contributed by atoms with Crippen LogP contribution in [-0.4, -0.2) is 15.8 Å². The maximum Gasteiger partial charge on any atom is 0.292 e. The first-order chi connectivity index (χ1) is 12.1. The second kappa shape index (κ2) is 6.79. The van der Waals surface area contributed by atoms with Crippen molar-refractivity contribution in [1.82, 2.24) is 4.98 Å². The maximum absolute atomic E-state index is 12.3. The third-order valence-corrected chi connectivity index (χ3v) is 3.59. The number of nitro groups is 1. The van der Waals surface area contributed by atoms with E-state index in [9.17, 15) is 19.7 Å². The van der Waals surface area contributed by atoms with Crippen molar-refractivity contribution in [3.63, 3.8) is 0 Å². The van der Waals surface area contributed by atoms with Crippen molar-refractivity contribution in [2.24, 2.45) is 0 Å². The minimum Gasteiger partial charge on any atom is -0.321 e. The fraction of sp³-hybridized carbons (Fsp3) is 0. The number of amides is 1. The van der Waals surface area contributed by atoms with E-state index >= 15 is 0 Å². The summed E-state index contributed by atoms with van der Waals surface area (Å²) in [6.45, 7) is 0. The lowest BCUT2D eigenvalue weighted by Crippen LogP contribution is -2.23. The molecule has 3 aromatic rings. The summed E-state index contributed by atoms with van der Waals surface area (Å²) in [6, 6.07) is 17.9. The Bertz CT molecular complexity index is 996. The highest BCUT2D eigenvalue weighted by Crippen LogP contribution is 2.23. The Balaban J connectivity index is 1.89. The lowest BCUT2D eigenvalue weighted by atomic mass is 10.1. The summed E-state index contributed by atoms with van der Waals surface area (Å²) in [6.07, 6.45) is 0. The first kappa shape index (κ1) is 16.1. The summed E-state index contributed by atoms with van der Waals surface area (Å²) in [4.78, 5) is 37.6. The molecule has 0 fully saturated rings. The second-order valence-electron chi connectivity index (χ2n) is 5.21. The fourth-order valence-electron chi connectivity index (χ4n) is 2.37. The zero-order valence-electron chi connectivity index (χ0n) is 12.9. The SMILES string of the molecule is O=C(Nc1ccccc1[N+](=O)[O-])c1ccc(-c2ccccc2)[nH]c1=O. The van der Waals surface area contributed by atoms with Gasteiger partial charge in [0.2, 0.25) is 0 Å². The number of hydrogen-bond donors (Lipinski definition) is 2. The van der Waals surface area contributed by atoms with Crippen LogP contribution >= 0.6 is 0 Å². The molecule has 0 atom stereocenters. The van der Waals surface area contributed by atoms with Crippen LogP contribution in [0, 0.1) is 10.1 Å². The van der Waals surface area contributed by atoms with E-state index in [1.165, 1.54) is 24.3 Å². The van der Waals surface area contributed by atoms with E-state index in [1.54, 1.807) is 12.1 Å². The number of aromatic nitrogens is 1. The molecule has 7 nitrogen and oxygen atoms in total. The van der Waals surface area contributed by atoms with Crippen molar-refractivity contribution in [1.29, 1.82) is 0 Å². The van der Waals surface area contributed by atoms with E-state index in [4.69, 9.17) is 0 Å². The Labute approximate surface area is 142 Å². The molecule has 7 heteroatoms. The van der Waals surface area contributed by atoms with Crippen molar-refractivity contribution in [2.45, 2.75) is 0 Å². The number of rotatable bonds is 4. The van der Waals surface area contributed by atoms with Gasteiger partial charge in [0.1, 0.15) is 11.3 Å². The Morgan fingerprint density at radius 3 is 2.32 bits per heavy atom. The van der Waals surface area contributed by atoms with Gasteiger partial charge in [0.05, 0.1) is 4.92 Å². The highest BCUT2D eigenvalue weighted by molar-refractivity contribution is 6.05. The highest BCUT2D eigenvalue weighted by Gasteiger charge is 2.17. The van der Waals surface area contributed by atoms with Gasteiger partial charge in [-0.1, -0.05) is 42.5 Å². The average Bonchev–Trinajstić information content (AvgIpc) is 2.62. The highest BCUT2D eigenvalue weighted by atomic mass is 16.6. The molecular formula is C18H13N3O4. The number of pyridine rings is 1. The number of anilines is 1. The van der Waals surface area contributed by atoms with Crippen LogP contribution in [0.4, 0.5) is 11.4 Å². The molecule has 0 saturated heterocycles. The minimum absolute atomic E-state index is 0.0315. The molecule has 1 heterocycles. The first-order valence-electron chi connectivity index (χ1n) is 7.40. The molecule has 3 rings (SSSR count). The molecule has 0 radical (unpaired) electrons. The quantitative estimate of drug-likeness (QED) is 0.564. The summed E-state index contributed by atoms with van der Waals surface area (Å²) in [5, 5.41) is 13.4. The Kier molecular flexibility index (Phi) is 4.38. The zero-order chi connectivity index (χ0) is 17.8. The summed E-state index contributed by atoms with van der Waals surface area (Å²) < 4.78 is 0. The molecule has 124 valence electrons. The van der Waals surface area contributed by atoms with E-state index in [0.29, 0.717) is 5.69 Å². The van der Waals surface area contributed by atoms with Crippen LogP contribution in [0.3, 0.4) is 0 Å². The molecule has 0 bridgehead atoms. The van der Waals surface area contributed by atoms with Crippen LogP contribution in [-0.2, 0) is 0 Å². The van der Waals surface area contributed by atoms with Crippen molar-refractivity contribution < 1.29 is 9.72 Å². The van der Waals surface area contributed by atoms with Crippen LogP contribution < -0.4 is 10.9 Å². The van der Waals surface area contributed by atoms with Gasteiger partial charge < -0.3 is 10.3 Å². The molecule has 0 saturated carbocycles. The van der Waals surface area contributed by atoms with Gasteiger partial charge in [-0.05, 0) is 23.8 Å². The van der Waals surface area contributed by atoms with E-state index in [0.717, 1.165) is 5.56 Å². The average molecular weight is 335 g/mol. The van der Waals surface area contributed by atoms with Gasteiger partial charge in [-0.2, -0.15) is 0 Å². The normalized spacial score (nSPS) is 10.2. The molecule has 1 amide bonds. The molecule has 0 unspecified atom stereocenters. The molecule has 0 spiro atoms. The Hall–Kier alpha value is -3.74. The smallest absolute Gasteiger partial charge is 0.292 e. The molecule has 2 N–H and O–H groups in total. The number of H-pyrrole nitrogens is 1. The maximum atomic E-state index is 12.3. The monoisotopic (exact) mass is 335 g/mol. The number of carbonyl (C=O) groups is 1. The van der Waals surface area contributed by atoms with Gasteiger partial charge in [0, 0.05) is 11.8 Å². The number of aromatic amines is 1. The lowest BCUT2D eigenvalue weighted by molar-refractivity contribution is -0.383. The second-order valence-corrected chi connectivity index (χ2v) is 5.21. The molecule has 1 aromatic heterocycles. The molecule has 2 aromatic carbocycles. The van der Waals surface area contributed by atoms with Crippen molar-refractivity contribution in [3.05, 3.63) is 92.8 Å². The van der Waals surface area contributed by atoms with Crippen LogP contribution in [0.25, 0.3) is 11.3 Å². The Morgan fingerprint density at radius 1 is 0.960 bits per heavy atom. The molecule has 0 aliphatic carbocycles. The fourth-order valence-corrected chi connectivity index (χ4v) is 2.37. The van der Waals surface area contributed by atoms with Crippen LogP contribution in [0.1, 0.15) is 10.4 Å². The number of para-hydroxylation sites is 2. The lowest BCUT2D eigenvalue weighted by Gasteiger charge is -2.06. The molecular weight excluding hydrogens is 322 g/mol. The van der Waals surface area contributed by atoms with Crippen molar-refractivity contribution >= 4 is 17.3 Å². The zero-order valence-corrected chi connectivity index (χ0v) is 12.9. The van der Waals surface area contributed by atoms with Gasteiger partial charge in [-0.15, -0.1) is 0 Å². The van der Waals surface area contributed by atoms with Gasteiger partial charge in [0.15, 0.2) is 0 Å². The molecule has 0 aliphatic rings. The largest absolute Gasteiger partial charge is 0.321 e. The van der Waals surface area contributed by atoms with Crippen LogP contribution in [0.2, 0.25) is 0 Å². The number of benzene rings is 2. The van der Waals surface area contributed by atoms with Gasteiger partial charge in [-0.3, -0.25) is 19.7 Å². The standard InChI is InChI=1S/C18H13N3O4/c22-17-13(10-11-14(19-17)12-6-2-1-3-7-12)18(23)20-15-8-4-5-9-16(15)21(24)25/h1-11H,(H,19,22)(H,20,23). The number of carbonyl (C=O) groups excluding carboxylic acids is 1. The van der Waals surface area contributed by atoms with Gasteiger partial charge in [-0.25, -0.2) is 0 Å². The summed E-state index contributed by atoms with van der Waals surface area (Å²) >= 11 is 0. The minimum atomic E-state index is -0.713. The van der Waals surface area contributed by atoms with Gasteiger partial charge >= 0.3 is 0 Å². The third kappa shape index (κ3) is 3.45. The van der Waals surface area contributed by atoms with E-state index < -0.39 is 16.4 Å². The number of nitro benzene ring substituents is 1. The van der Waals surface area contributed by atoms with Crippen molar-refractivity contribution in [2.75, 3.05) is 5.32 Å². The summed E-state index contributed by atoms with van der Waals surface area (Å²) in [7, 11) is 0. The number of nitrogens with zero attached hydrogens (tertiary/aromatic N) is 1. The Morgan fingerprint density at radius 2 is 1.64 bits per heavy atom. The van der Waals surface area contributed by atoms with Crippen LogP contribution in [0.5, 0.6) is 0 Å². The van der Waals surface area contributed by atoms with Crippen molar-refractivity contribution in [3.8, 4) is 11.3 Å². The summed E-state index contributed by atoms with van der Waals surface area (Å²) in [5.41, 5.74) is 0.477. The van der Waals surface area contributed by atoms with E-state index in [-0.39, 0.29) is 16.9 Å². The molecule has 25 heavy (non-hydrogen) atoms. The predicted molar refractivity (Wildman–Crippen MR) is 93.5 cm³/mol. The third-order valence-electron chi connectivity index (χ3n) is 3.59. The van der Waals surface area contributed by atoms with Gasteiger partial charge in [0.25, 0.3) is 17.2 Å². The first-order valence-corrected chi connectivity index (χ1v) is 7.40. The number of nitrogens with one attached hydrogen (secondary N) is 2. The summed E-state index contributed by atoms with van der Waals surface area (Å²) in [5.74, 6) is -0.713. The topological polar surface area (TPSA) is 105 Å². The van der Waals surface area contributed by atoms with Crippen LogP contribution in [0.15, 0.2) is 71.5 Å². The number of hydrogen-bond acceptors (Lipinski definition) is 4. The van der Waals surface area contributed by atoms with E-state index in [1.807, 2.05) is 30.3 Å².